The first-order valence-electron chi connectivity index (χ1n) is 13.1. The monoisotopic (exact) mass is 626 g/mol. The van der Waals surface area contributed by atoms with Gasteiger partial charge in [-0.15, -0.1) is 0 Å². The highest BCUT2D eigenvalue weighted by Gasteiger charge is 2.48. The van der Waals surface area contributed by atoms with Crippen molar-refractivity contribution in [2.45, 2.75) is 61.4 Å². The van der Waals surface area contributed by atoms with Crippen LogP contribution < -0.4 is 16.0 Å². The summed E-state index contributed by atoms with van der Waals surface area (Å²) in [5.74, 6) is -3.10. The van der Waals surface area contributed by atoms with Gasteiger partial charge in [0.2, 0.25) is 17.8 Å². The normalized spacial score (nSPS) is 33.0. The Morgan fingerprint density at radius 2 is 1.18 bits per heavy atom. The molecule has 4 aromatic rings. The van der Waals surface area contributed by atoms with E-state index in [1.54, 1.807) is 0 Å². The molecular weight excluding hydrogens is 600 g/mol. The lowest BCUT2D eigenvalue weighted by molar-refractivity contribution is -0.323. The van der Waals surface area contributed by atoms with E-state index >= 15 is 0 Å². The van der Waals surface area contributed by atoms with Gasteiger partial charge in [-0.3, -0.25) is 0 Å². The molecule has 10 N–H and O–H groups in total. The number of rotatable bonds is 6. The van der Waals surface area contributed by atoms with Gasteiger partial charge in [-0.2, -0.15) is 0 Å². The van der Waals surface area contributed by atoms with Gasteiger partial charge in [0.25, 0.3) is 0 Å². The molecule has 2 saturated heterocycles. The fourth-order valence-corrected chi connectivity index (χ4v) is 5.33. The summed E-state index contributed by atoms with van der Waals surface area (Å²) in [4.78, 5) is 25.5. The second-order valence-electron chi connectivity index (χ2n) is 10.4. The first-order valence-corrected chi connectivity index (χ1v) is 13.1. The molecule has 2 fully saturated rings. The fraction of sp³-hybridized carbons (Fsp3) is 0.462. The number of ether oxygens (including phenoxy) is 4. The van der Waals surface area contributed by atoms with E-state index in [1.807, 2.05) is 0 Å². The molecule has 6 rings (SSSR count). The Morgan fingerprint density at radius 3 is 1.80 bits per heavy atom. The fourth-order valence-electron chi connectivity index (χ4n) is 5.33. The Balaban J connectivity index is 1.31. The molecule has 0 bridgehead atoms. The van der Waals surface area contributed by atoms with E-state index in [0.717, 1.165) is 12.1 Å². The van der Waals surface area contributed by atoms with Gasteiger partial charge in [0.15, 0.2) is 29.0 Å². The van der Waals surface area contributed by atoms with Gasteiger partial charge in [-0.05, 0) is 12.1 Å². The summed E-state index contributed by atoms with van der Waals surface area (Å²) in [7, 11) is 0. The molecule has 44 heavy (non-hydrogen) atoms. The third kappa shape index (κ3) is 4.59. The average Bonchev–Trinajstić information content (AvgIpc) is 3.00. The van der Waals surface area contributed by atoms with Gasteiger partial charge in [-0.25, -0.2) is 9.59 Å². The highest BCUT2D eigenvalue weighted by Crippen LogP contribution is 2.45. The Morgan fingerprint density at radius 1 is 0.659 bits per heavy atom. The smallest absolute Gasteiger partial charge is 0.344 e. The predicted molar refractivity (Wildman–Crippen MR) is 139 cm³/mol. The van der Waals surface area contributed by atoms with Crippen molar-refractivity contribution in [1.29, 1.82) is 0 Å². The lowest BCUT2D eigenvalue weighted by Crippen LogP contribution is -2.62. The van der Waals surface area contributed by atoms with Crippen molar-refractivity contribution in [3.63, 3.8) is 0 Å². The molecule has 0 amide bonds. The van der Waals surface area contributed by atoms with Crippen LogP contribution in [0.5, 0.6) is 23.0 Å². The summed E-state index contributed by atoms with van der Waals surface area (Å²) in [5.41, 5.74) is -3.35. The number of hydrogen-bond donors (Lipinski definition) is 10. The molecule has 0 saturated carbocycles. The van der Waals surface area contributed by atoms with Crippen LogP contribution in [0.4, 0.5) is 0 Å². The van der Waals surface area contributed by atoms with Gasteiger partial charge in [0, 0.05) is 10.8 Å². The van der Waals surface area contributed by atoms with Crippen LogP contribution in [0.3, 0.4) is 0 Å². The zero-order chi connectivity index (χ0) is 31.8. The van der Waals surface area contributed by atoms with Crippen LogP contribution in [0.2, 0.25) is 0 Å². The van der Waals surface area contributed by atoms with Crippen molar-refractivity contribution in [2.75, 3.05) is 13.2 Å². The summed E-state index contributed by atoms with van der Waals surface area (Å²) in [5, 5.41) is 101. The van der Waals surface area contributed by atoms with Gasteiger partial charge >= 0.3 is 11.3 Å². The maximum atomic E-state index is 12.9. The number of aliphatic hydroxyl groups is 7. The highest BCUT2D eigenvalue weighted by atomic mass is 16.7. The Labute approximate surface area is 242 Å². The van der Waals surface area contributed by atoms with Gasteiger partial charge in [0.05, 0.1) is 24.0 Å². The van der Waals surface area contributed by atoms with Crippen molar-refractivity contribution >= 4 is 32.7 Å². The lowest BCUT2D eigenvalue weighted by atomic mass is 9.98. The van der Waals surface area contributed by atoms with Crippen molar-refractivity contribution in [1.82, 2.24) is 0 Å². The summed E-state index contributed by atoms with van der Waals surface area (Å²) in [6.07, 6.45) is -17.3. The van der Waals surface area contributed by atoms with Crippen LogP contribution in [-0.4, -0.2) is 126 Å². The maximum absolute atomic E-state index is 12.9. The second kappa shape index (κ2) is 11.0. The SMILES string of the molecule is O=c1oc2c(O)c(O[C@@H]3O[C@H](CO[C@@H]4O[C@H](CO)[C@@H](O)[C@H](O)[C@H]4O)[C@@H](O)[C@H](O)[C@H]3O)cc3c(=O)oc4c(O)c(O)cc1c4c23. The van der Waals surface area contributed by atoms with Crippen molar-refractivity contribution in [3.05, 3.63) is 33.0 Å². The molecule has 10 atom stereocenters. The summed E-state index contributed by atoms with van der Waals surface area (Å²) in [6, 6.07) is 1.83. The largest absolute Gasteiger partial charge is 0.504 e. The van der Waals surface area contributed by atoms with E-state index in [9.17, 15) is 60.7 Å². The molecule has 0 spiro atoms. The molecule has 4 heterocycles. The quantitative estimate of drug-likeness (QED) is 0.0567. The van der Waals surface area contributed by atoms with E-state index in [2.05, 4.69) is 0 Å². The van der Waals surface area contributed by atoms with E-state index in [0.29, 0.717) is 0 Å². The number of benzene rings is 2. The molecule has 2 aromatic carbocycles. The molecule has 2 aliphatic heterocycles. The van der Waals surface area contributed by atoms with E-state index in [1.165, 1.54) is 0 Å². The summed E-state index contributed by atoms with van der Waals surface area (Å²) >= 11 is 0. The van der Waals surface area contributed by atoms with Gasteiger partial charge in [-0.1, -0.05) is 0 Å². The van der Waals surface area contributed by atoms with Gasteiger partial charge in [0.1, 0.15) is 48.8 Å². The average molecular weight is 626 g/mol. The van der Waals surface area contributed by atoms with E-state index < -0.39 is 120 Å². The van der Waals surface area contributed by atoms with Crippen molar-refractivity contribution < 1.29 is 78.8 Å². The minimum absolute atomic E-state index is 0.152. The van der Waals surface area contributed by atoms with E-state index in [4.69, 9.17) is 27.8 Å². The van der Waals surface area contributed by atoms with Crippen LogP contribution >= 0.6 is 0 Å². The molecule has 0 aliphatic carbocycles. The predicted octanol–water partition coefficient (Wildman–Crippen LogP) is -3.39. The van der Waals surface area contributed by atoms with Crippen LogP contribution in [0.1, 0.15) is 0 Å². The minimum atomic E-state index is -1.97. The first kappa shape index (κ1) is 30.2. The van der Waals surface area contributed by atoms with Crippen LogP contribution in [-0.2, 0) is 14.2 Å². The number of hydrogen-bond acceptors (Lipinski definition) is 18. The number of aromatic hydroxyl groups is 3. The van der Waals surface area contributed by atoms with Crippen LogP contribution in [0, 0.1) is 0 Å². The van der Waals surface area contributed by atoms with Crippen molar-refractivity contribution in [2.24, 2.45) is 0 Å². The zero-order valence-electron chi connectivity index (χ0n) is 22.1. The molecule has 0 radical (unpaired) electrons. The third-order valence-corrected chi connectivity index (χ3v) is 7.72. The summed E-state index contributed by atoms with van der Waals surface area (Å²) < 4.78 is 32.0. The Bertz CT molecular complexity index is 1810. The van der Waals surface area contributed by atoms with Crippen LogP contribution in [0.15, 0.2) is 30.6 Å². The molecular formula is C26H26O18. The number of phenolic OH excluding ortho intramolecular Hbond substituents is 3. The maximum Gasteiger partial charge on any atom is 0.344 e. The Kier molecular flexibility index (Phi) is 7.53. The highest BCUT2D eigenvalue weighted by molar-refractivity contribution is 6.22. The second-order valence-corrected chi connectivity index (χ2v) is 10.4. The zero-order valence-corrected chi connectivity index (χ0v) is 22.1. The first-order chi connectivity index (χ1) is 20.8. The standard InChI is InChI=1S/C26H26O18/c27-3-9-14(30)17(33)19(35)25(41-9)39-4-10-15(31)18(34)20(36)26(42-10)40-8-2-6-12-11-5(23(37)44-22(12)16(8)32)1-7(28)13(29)21(11)43-24(6)38/h1-2,9-10,14-15,17-20,25-36H,3-4H2/t9-,10-,14-,15-,17+,18+,19-,20-,25-,26-/m1/s1. The number of aliphatic hydroxyl groups excluding tert-OH is 7. The molecule has 238 valence electrons. The molecule has 0 unspecified atom stereocenters. The summed E-state index contributed by atoms with van der Waals surface area (Å²) in [6.45, 7) is -1.41. The Hall–Kier alpha value is -3.82. The number of phenols is 3. The van der Waals surface area contributed by atoms with Crippen LogP contribution in [0.25, 0.3) is 32.7 Å². The minimum Gasteiger partial charge on any atom is -0.504 e. The molecule has 18 heteroatoms. The molecule has 18 nitrogen and oxygen atoms in total. The van der Waals surface area contributed by atoms with Gasteiger partial charge < -0.3 is 78.8 Å². The topological polar surface area (TPSA) is 300 Å². The molecule has 2 aromatic heterocycles. The third-order valence-electron chi connectivity index (χ3n) is 7.72. The molecule has 2 aliphatic rings. The van der Waals surface area contributed by atoms with E-state index in [-0.39, 0.29) is 21.5 Å². The lowest BCUT2D eigenvalue weighted by Gasteiger charge is -2.42. The van der Waals surface area contributed by atoms with Crippen molar-refractivity contribution in [3.8, 4) is 23.0 Å².